The van der Waals surface area contributed by atoms with E-state index in [0.717, 1.165) is 65.0 Å². The smallest absolute Gasteiger partial charge is 0.320 e. The third-order valence-corrected chi connectivity index (χ3v) is 5.51. The van der Waals surface area contributed by atoms with Crippen LogP contribution in [0.5, 0.6) is 0 Å². The van der Waals surface area contributed by atoms with Crippen LogP contribution in [0.4, 0.5) is 4.79 Å². The number of hydrogen-bond acceptors (Lipinski definition) is 3. The summed E-state index contributed by atoms with van der Waals surface area (Å²) in [5, 5.41) is 0. The number of piperidine rings is 1. The van der Waals surface area contributed by atoms with Crippen molar-refractivity contribution in [2.75, 3.05) is 46.3 Å². The minimum absolute atomic E-state index is 0.0176. The predicted molar refractivity (Wildman–Crippen MR) is 84.6 cm³/mol. The Morgan fingerprint density at radius 1 is 1.05 bits per heavy atom. The van der Waals surface area contributed by atoms with E-state index in [4.69, 9.17) is 0 Å². The third-order valence-electron chi connectivity index (χ3n) is 5.51. The molecule has 0 spiro atoms. The molecule has 6 heteroatoms. The van der Waals surface area contributed by atoms with Gasteiger partial charge in [-0.05, 0) is 32.6 Å². The quantitative estimate of drug-likeness (QED) is 0.776. The maximum atomic E-state index is 12.5. The Labute approximate surface area is 133 Å². The van der Waals surface area contributed by atoms with Crippen LogP contribution in [-0.2, 0) is 4.79 Å². The van der Waals surface area contributed by atoms with Crippen molar-refractivity contribution < 1.29 is 9.59 Å². The molecule has 3 fully saturated rings. The topological polar surface area (TPSA) is 47.1 Å². The van der Waals surface area contributed by atoms with Gasteiger partial charge in [0.15, 0.2) is 0 Å². The summed E-state index contributed by atoms with van der Waals surface area (Å²) in [6, 6.07) is 0.499. The minimum atomic E-state index is -0.0176. The zero-order chi connectivity index (χ0) is 15.7. The van der Waals surface area contributed by atoms with E-state index < -0.39 is 0 Å². The highest BCUT2D eigenvalue weighted by atomic mass is 16.2. The standard InChI is InChI=1S/C16H28N4O2/c1-13(15(21)19-7-3-4-8-19)18-9-5-14(6-10-18)20-12-11-17(2)16(20)22/h13-14H,3-12H2,1-2H3. The van der Waals surface area contributed by atoms with Crippen molar-refractivity contribution in [1.82, 2.24) is 19.6 Å². The zero-order valence-corrected chi connectivity index (χ0v) is 13.8. The Morgan fingerprint density at radius 2 is 1.68 bits per heavy atom. The number of rotatable bonds is 3. The summed E-state index contributed by atoms with van der Waals surface area (Å²) >= 11 is 0. The molecule has 3 saturated heterocycles. The molecule has 0 aromatic carbocycles. The van der Waals surface area contributed by atoms with Crippen molar-refractivity contribution in [1.29, 1.82) is 0 Å². The van der Waals surface area contributed by atoms with Crippen LogP contribution in [-0.4, -0.2) is 89.9 Å². The number of nitrogens with zero attached hydrogens (tertiary/aromatic N) is 4. The number of likely N-dealkylation sites (tertiary alicyclic amines) is 2. The Bertz CT molecular complexity index is 428. The average molecular weight is 308 g/mol. The van der Waals surface area contributed by atoms with E-state index in [-0.39, 0.29) is 18.0 Å². The van der Waals surface area contributed by atoms with E-state index >= 15 is 0 Å². The number of carbonyl (C=O) groups excluding carboxylic acids is 2. The molecule has 3 rings (SSSR count). The zero-order valence-electron chi connectivity index (χ0n) is 13.8. The number of hydrogen-bond donors (Lipinski definition) is 0. The first-order valence-corrected chi connectivity index (χ1v) is 8.62. The van der Waals surface area contributed by atoms with Crippen molar-refractivity contribution in [2.24, 2.45) is 0 Å². The predicted octanol–water partition coefficient (Wildman–Crippen LogP) is 0.829. The van der Waals surface area contributed by atoms with Crippen LogP contribution in [0.15, 0.2) is 0 Å². The van der Waals surface area contributed by atoms with Gasteiger partial charge < -0.3 is 14.7 Å². The normalized spacial score (nSPS) is 26.1. The van der Waals surface area contributed by atoms with Crippen LogP contribution < -0.4 is 0 Å². The molecule has 124 valence electrons. The maximum absolute atomic E-state index is 12.5. The molecule has 3 aliphatic heterocycles. The first-order chi connectivity index (χ1) is 10.6. The summed E-state index contributed by atoms with van der Waals surface area (Å²) in [5.74, 6) is 0.285. The van der Waals surface area contributed by atoms with Gasteiger partial charge in [-0.15, -0.1) is 0 Å². The molecule has 0 aromatic heterocycles. The van der Waals surface area contributed by atoms with Gasteiger partial charge in [-0.1, -0.05) is 0 Å². The fourth-order valence-electron chi connectivity index (χ4n) is 3.95. The monoisotopic (exact) mass is 308 g/mol. The summed E-state index contributed by atoms with van der Waals surface area (Å²) in [7, 11) is 1.87. The van der Waals surface area contributed by atoms with Gasteiger partial charge in [0.05, 0.1) is 6.04 Å². The highest BCUT2D eigenvalue weighted by Gasteiger charge is 2.36. The molecule has 0 aliphatic carbocycles. The Hall–Kier alpha value is -1.30. The second-order valence-corrected chi connectivity index (χ2v) is 6.87. The van der Waals surface area contributed by atoms with E-state index in [2.05, 4.69) is 4.90 Å². The van der Waals surface area contributed by atoms with E-state index in [1.165, 1.54) is 0 Å². The van der Waals surface area contributed by atoms with E-state index in [0.29, 0.717) is 6.04 Å². The minimum Gasteiger partial charge on any atom is -0.341 e. The molecule has 3 heterocycles. The summed E-state index contributed by atoms with van der Waals surface area (Å²) in [4.78, 5) is 32.7. The summed E-state index contributed by atoms with van der Waals surface area (Å²) in [6.45, 7) is 7.40. The summed E-state index contributed by atoms with van der Waals surface area (Å²) < 4.78 is 0. The van der Waals surface area contributed by atoms with Crippen molar-refractivity contribution in [3.05, 3.63) is 0 Å². The first-order valence-electron chi connectivity index (χ1n) is 8.62. The first kappa shape index (κ1) is 15.6. The van der Waals surface area contributed by atoms with Crippen LogP contribution in [0.1, 0.15) is 32.6 Å². The van der Waals surface area contributed by atoms with E-state index in [1.54, 1.807) is 4.90 Å². The molecule has 22 heavy (non-hydrogen) atoms. The molecule has 0 aromatic rings. The average Bonchev–Trinajstić information content (AvgIpc) is 3.18. The van der Waals surface area contributed by atoms with Crippen molar-refractivity contribution in [3.63, 3.8) is 0 Å². The van der Waals surface area contributed by atoms with Crippen LogP contribution in [0, 0.1) is 0 Å². The fraction of sp³-hybridized carbons (Fsp3) is 0.875. The molecule has 3 amide bonds. The lowest BCUT2D eigenvalue weighted by Gasteiger charge is -2.39. The largest absolute Gasteiger partial charge is 0.341 e. The summed E-state index contributed by atoms with van der Waals surface area (Å²) in [5.41, 5.74) is 0. The number of amides is 3. The molecular formula is C16H28N4O2. The molecule has 0 N–H and O–H groups in total. The highest BCUT2D eigenvalue weighted by Crippen LogP contribution is 2.22. The van der Waals surface area contributed by atoms with Crippen molar-refractivity contribution >= 4 is 11.9 Å². The van der Waals surface area contributed by atoms with Gasteiger partial charge in [-0.2, -0.15) is 0 Å². The van der Waals surface area contributed by atoms with Crippen molar-refractivity contribution in [3.8, 4) is 0 Å². The second-order valence-electron chi connectivity index (χ2n) is 6.87. The van der Waals surface area contributed by atoms with Gasteiger partial charge in [0.2, 0.25) is 5.91 Å². The van der Waals surface area contributed by atoms with E-state index in [1.807, 2.05) is 23.8 Å². The van der Waals surface area contributed by atoms with Gasteiger partial charge in [0.25, 0.3) is 0 Å². The van der Waals surface area contributed by atoms with Gasteiger partial charge in [0.1, 0.15) is 0 Å². The van der Waals surface area contributed by atoms with E-state index in [9.17, 15) is 9.59 Å². The second kappa shape index (κ2) is 6.44. The molecule has 0 bridgehead atoms. The molecule has 6 nitrogen and oxygen atoms in total. The van der Waals surface area contributed by atoms with Crippen molar-refractivity contribution in [2.45, 2.75) is 44.7 Å². The SMILES string of the molecule is CC(C(=O)N1CCCC1)N1CCC(N2CCN(C)C2=O)CC1. The van der Waals surface area contributed by atoms with Crippen LogP contribution >= 0.6 is 0 Å². The lowest BCUT2D eigenvalue weighted by Crippen LogP contribution is -2.52. The van der Waals surface area contributed by atoms with Crippen LogP contribution in [0.2, 0.25) is 0 Å². The van der Waals surface area contributed by atoms with Gasteiger partial charge >= 0.3 is 6.03 Å². The Kier molecular flexibility index (Phi) is 4.57. The van der Waals surface area contributed by atoms with Gasteiger partial charge in [0, 0.05) is 52.4 Å². The number of carbonyl (C=O) groups is 2. The fourth-order valence-corrected chi connectivity index (χ4v) is 3.95. The lowest BCUT2D eigenvalue weighted by atomic mass is 10.0. The van der Waals surface area contributed by atoms with Crippen LogP contribution in [0.25, 0.3) is 0 Å². The van der Waals surface area contributed by atoms with Gasteiger partial charge in [-0.3, -0.25) is 9.69 Å². The molecule has 3 aliphatic rings. The molecule has 1 unspecified atom stereocenters. The maximum Gasteiger partial charge on any atom is 0.320 e. The lowest BCUT2D eigenvalue weighted by molar-refractivity contribution is -0.135. The number of urea groups is 1. The third kappa shape index (κ3) is 2.93. The molecule has 1 atom stereocenters. The van der Waals surface area contributed by atoms with Gasteiger partial charge in [-0.25, -0.2) is 4.79 Å². The molecule has 0 radical (unpaired) electrons. The Balaban J connectivity index is 1.51. The highest BCUT2D eigenvalue weighted by molar-refractivity contribution is 5.81. The molecular weight excluding hydrogens is 280 g/mol. The number of likely N-dealkylation sites (N-methyl/N-ethyl adjacent to an activating group) is 1. The van der Waals surface area contributed by atoms with Crippen LogP contribution in [0.3, 0.4) is 0 Å². The summed E-state index contributed by atoms with van der Waals surface area (Å²) in [6.07, 6.45) is 4.25. The molecule has 0 saturated carbocycles. The Morgan fingerprint density at radius 3 is 2.23 bits per heavy atom.